The average molecular weight is 392 g/mol. The first-order chi connectivity index (χ1) is 12.5. The minimum Gasteiger partial charge on any atom is -0.369 e. The van der Waals surface area contributed by atoms with E-state index in [1.807, 2.05) is 0 Å². The van der Waals surface area contributed by atoms with Crippen molar-refractivity contribution < 1.29 is 4.79 Å². The molecule has 1 fully saturated rings. The Morgan fingerprint density at radius 3 is 2.46 bits per heavy atom. The first kappa shape index (κ1) is 19.0. The molecule has 0 unspecified atom stereocenters. The van der Waals surface area contributed by atoms with Gasteiger partial charge in [-0.2, -0.15) is 0 Å². The van der Waals surface area contributed by atoms with Gasteiger partial charge in [0.05, 0.1) is 22.3 Å². The normalized spacial score (nSPS) is 15.2. The number of hydrogen-bond acceptors (Lipinski definition) is 3. The van der Waals surface area contributed by atoms with E-state index in [-0.39, 0.29) is 5.91 Å². The largest absolute Gasteiger partial charge is 0.369 e. The SMILES string of the molecule is Cc1cccc(N2CCN(CC(=O)Nc3cccc(Cl)c3Cl)CC2)c1C. The highest BCUT2D eigenvalue weighted by molar-refractivity contribution is 6.44. The molecule has 0 aromatic heterocycles. The van der Waals surface area contributed by atoms with Crippen LogP contribution in [0.1, 0.15) is 11.1 Å². The van der Waals surface area contributed by atoms with Gasteiger partial charge in [-0.1, -0.05) is 41.4 Å². The fourth-order valence-electron chi connectivity index (χ4n) is 3.22. The van der Waals surface area contributed by atoms with Crippen LogP contribution in [0.3, 0.4) is 0 Å². The number of carbonyl (C=O) groups excluding carboxylic acids is 1. The first-order valence-electron chi connectivity index (χ1n) is 8.73. The summed E-state index contributed by atoms with van der Waals surface area (Å²) in [7, 11) is 0. The second-order valence-electron chi connectivity index (χ2n) is 6.63. The van der Waals surface area contributed by atoms with Crippen LogP contribution in [0.2, 0.25) is 10.0 Å². The summed E-state index contributed by atoms with van der Waals surface area (Å²) in [5.41, 5.74) is 4.48. The Bertz CT molecular complexity index is 802. The number of halogens is 2. The number of carbonyl (C=O) groups is 1. The molecule has 0 spiro atoms. The second-order valence-corrected chi connectivity index (χ2v) is 7.42. The van der Waals surface area contributed by atoms with Gasteiger partial charge in [-0.3, -0.25) is 9.69 Å². The molecule has 0 saturated carbocycles. The van der Waals surface area contributed by atoms with Crippen LogP contribution in [-0.4, -0.2) is 43.5 Å². The van der Waals surface area contributed by atoms with Crippen molar-refractivity contribution >= 4 is 40.5 Å². The summed E-state index contributed by atoms with van der Waals surface area (Å²) < 4.78 is 0. The van der Waals surface area contributed by atoms with Crippen LogP contribution in [0.4, 0.5) is 11.4 Å². The molecule has 2 aromatic rings. The Labute approximate surface area is 164 Å². The van der Waals surface area contributed by atoms with E-state index in [0.717, 1.165) is 26.2 Å². The van der Waals surface area contributed by atoms with Crippen molar-refractivity contribution in [1.29, 1.82) is 0 Å². The molecule has 1 heterocycles. The van der Waals surface area contributed by atoms with E-state index >= 15 is 0 Å². The Balaban J connectivity index is 1.54. The zero-order valence-electron chi connectivity index (χ0n) is 15.1. The standard InChI is InChI=1S/C20H23Cl2N3O/c1-14-5-3-8-18(15(14)2)25-11-9-24(10-12-25)13-19(26)23-17-7-4-6-16(21)20(17)22/h3-8H,9-13H2,1-2H3,(H,23,26). The third kappa shape index (κ3) is 4.32. The molecule has 138 valence electrons. The molecule has 1 aliphatic rings. The highest BCUT2D eigenvalue weighted by Gasteiger charge is 2.21. The van der Waals surface area contributed by atoms with Crippen molar-refractivity contribution in [1.82, 2.24) is 4.90 Å². The first-order valence-corrected chi connectivity index (χ1v) is 9.48. The summed E-state index contributed by atoms with van der Waals surface area (Å²) in [5, 5.41) is 3.66. The molecule has 6 heteroatoms. The molecule has 26 heavy (non-hydrogen) atoms. The summed E-state index contributed by atoms with van der Waals surface area (Å²) in [4.78, 5) is 16.9. The lowest BCUT2D eigenvalue weighted by Crippen LogP contribution is -2.48. The predicted octanol–water partition coefficient (Wildman–Crippen LogP) is 4.37. The molecule has 3 rings (SSSR count). The number of nitrogens with one attached hydrogen (secondary N) is 1. The molecule has 0 atom stereocenters. The van der Waals surface area contributed by atoms with Crippen LogP contribution < -0.4 is 10.2 Å². The molecule has 0 bridgehead atoms. The molecular weight excluding hydrogens is 369 g/mol. The number of nitrogens with zero attached hydrogens (tertiary/aromatic N) is 2. The molecule has 1 N–H and O–H groups in total. The zero-order valence-corrected chi connectivity index (χ0v) is 16.6. The summed E-state index contributed by atoms with van der Waals surface area (Å²) in [6, 6.07) is 11.6. The maximum atomic E-state index is 12.3. The lowest BCUT2D eigenvalue weighted by Gasteiger charge is -2.36. The van der Waals surface area contributed by atoms with E-state index in [9.17, 15) is 4.79 Å². The van der Waals surface area contributed by atoms with Gasteiger partial charge in [0.1, 0.15) is 0 Å². The van der Waals surface area contributed by atoms with Gasteiger partial charge in [-0.15, -0.1) is 0 Å². The third-order valence-electron chi connectivity index (χ3n) is 4.88. The smallest absolute Gasteiger partial charge is 0.238 e. The minimum absolute atomic E-state index is 0.0747. The monoisotopic (exact) mass is 391 g/mol. The van der Waals surface area contributed by atoms with Crippen molar-refractivity contribution in [2.45, 2.75) is 13.8 Å². The van der Waals surface area contributed by atoms with Gasteiger partial charge in [0.25, 0.3) is 0 Å². The lowest BCUT2D eigenvalue weighted by molar-refractivity contribution is -0.117. The van der Waals surface area contributed by atoms with Gasteiger partial charge in [0.2, 0.25) is 5.91 Å². The van der Waals surface area contributed by atoms with E-state index in [0.29, 0.717) is 22.3 Å². The second kappa shape index (κ2) is 8.30. The van der Waals surface area contributed by atoms with Gasteiger partial charge in [0.15, 0.2) is 0 Å². The van der Waals surface area contributed by atoms with Gasteiger partial charge >= 0.3 is 0 Å². The van der Waals surface area contributed by atoms with Crippen LogP contribution in [0, 0.1) is 13.8 Å². The number of aryl methyl sites for hydroxylation is 1. The minimum atomic E-state index is -0.0747. The van der Waals surface area contributed by atoms with E-state index < -0.39 is 0 Å². The molecule has 0 radical (unpaired) electrons. The summed E-state index contributed by atoms with van der Waals surface area (Å²) in [5.74, 6) is -0.0747. The van der Waals surface area contributed by atoms with Crippen molar-refractivity contribution in [2.24, 2.45) is 0 Å². The Morgan fingerprint density at radius 2 is 1.73 bits per heavy atom. The Kier molecular flexibility index (Phi) is 6.07. The quantitative estimate of drug-likeness (QED) is 0.839. The highest BCUT2D eigenvalue weighted by atomic mass is 35.5. The van der Waals surface area contributed by atoms with E-state index in [4.69, 9.17) is 23.2 Å². The number of hydrogen-bond donors (Lipinski definition) is 1. The van der Waals surface area contributed by atoms with Crippen LogP contribution in [0.25, 0.3) is 0 Å². The number of benzene rings is 2. The number of rotatable bonds is 4. The number of amides is 1. The van der Waals surface area contributed by atoms with Crippen molar-refractivity contribution in [3.8, 4) is 0 Å². The van der Waals surface area contributed by atoms with Crippen molar-refractivity contribution in [3.05, 3.63) is 57.6 Å². The van der Waals surface area contributed by atoms with E-state index in [1.165, 1.54) is 16.8 Å². The van der Waals surface area contributed by atoms with E-state index in [2.05, 4.69) is 47.2 Å². The van der Waals surface area contributed by atoms with Crippen molar-refractivity contribution in [2.75, 3.05) is 42.9 Å². The summed E-state index contributed by atoms with van der Waals surface area (Å²) >= 11 is 12.1. The fraction of sp³-hybridized carbons (Fsp3) is 0.350. The predicted molar refractivity (Wildman–Crippen MR) is 110 cm³/mol. The molecule has 1 aliphatic heterocycles. The van der Waals surface area contributed by atoms with Gasteiger partial charge in [-0.05, 0) is 43.2 Å². The maximum absolute atomic E-state index is 12.3. The molecule has 1 amide bonds. The number of piperazine rings is 1. The Hall–Kier alpha value is -1.75. The molecule has 0 aliphatic carbocycles. The highest BCUT2D eigenvalue weighted by Crippen LogP contribution is 2.29. The van der Waals surface area contributed by atoms with Crippen molar-refractivity contribution in [3.63, 3.8) is 0 Å². The van der Waals surface area contributed by atoms with Crippen LogP contribution in [0.15, 0.2) is 36.4 Å². The lowest BCUT2D eigenvalue weighted by atomic mass is 10.1. The zero-order chi connectivity index (χ0) is 18.7. The fourth-order valence-corrected chi connectivity index (χ4v) is 3.57. The third-order valence-corrected chi connectivity index (χ3v) is 5.70. The molecule has 2 aromatic carbocycles. The van der Waals surface area contributed by atoms with Gasteiger partial charge in [0, 0.05) is 31.9 Å². The molecule has 4 nitrogen and oxygen atoms in total. The van der Waals surface area contributed by atoms with Crippen LogP contribution in [0.5, 0.6) is 0 Å². The van der Waals surface area contributed by atoms with Gasteiger partial charge in [-0.25, -0.2) is 0 Å². The Morgan fingerprint density at radius 1 is 1.04 bits per heavy atom. The summed E-state index contributed by atoms with van der Waals surface area (Å²) in [6.45, 7) is 8.18. The van der Waals surface area contributed by atoms with Gasteiger partial charge < -0.3 is 10.2 Å². The molecule has 1 saturated heterocycles. The molecular formula is C20H23Cl2N3O. The number of anilines is 2. The summed E-state index contributed by atoms with van der Waals surface area (Å²) in [6.07, 6.45) is 0. The van der Waals surface area contributed by atoms with Crippen LogP contribution >= 0.6 is 23.2 Å². The maximum Gasteiger partial charge on any atom is 0.238 e. The average Bonchev–Trinajstić information content (AvgIpc) is 2.62. The van der Waals surface area contributed by atoms with E-state index in [1.54, 1.807) is 18.2 Å². The topological polar surface area (TPSA) is 35.6 Å². The van der Waals surface area contributed by atoms with Crippen LogP contribution in [-0.2, 0) is 4.79 Å².